The highest BCUT2D eigenvalue weighted by Crippen LogP contribution is 2.51. The Kier molecular flexibility index (Phi) is 7.29. The molecule has 7 heteroatoms. The molecule has 1 aliphatic rings. The molecule has 16 rings (SSSR count). The van der Waals surface area contributed by atoms with E-state index in [0.29, 0.717) is 0 Å². The Bertz CT molecular complexity index is 4760. The number of nitrogens with zero attached hydrogens (tertiary/aromatic N) is 6. The second-order valence-corrected chi connectivity index (χ2v) is 19.3. The van der Waals surface area contributed by atoms with E-state index in [1.807, 2.05) is 12.3 Å². The largest absolute Gasteiger partial charge is 0.457 e. The third-order valence-electron chi connectivity index (χ3n) is 15.4. The van der Waals surface area contributed by atoms with Crippen molar-refractivity contribution in [3.63, 3.8) is 0 Å². The molecule has 0 unspecified atom stereocenters. The lowest BCUT2D eigenvalue weighted by Gasteiger charge is -2.34. The third-order valence-corrected chi connectivity index (χ3v) is 15.4. The first kappa shape index (κ1) is 37.8. The Hall–Kier alpha value is -9.20. The van der Waals surface area contributed by atoms with E-state index < -0.39 is 0 Å². The van der Waals surface area contributed by atoms with Crippen molar-refractivity contribution in [1.82, 2.24) is 28.1 Å². The zero-order valence-electron chi connectivity index (χ0n) is 38.2. The molecule has 0 aliphatic carbocycles. The predicted molar refractivity (Wildman–Crippen MR) is 287 cm³/mol. The van der Waals surface area contributed by atoms with Crippen molar-refractivity contribution >= 4 is 104 Å². The van der Waals surface area contributed by atoms with Crippen LogP contribution in [0.5, 0.6) is 11.5 Å². The van der Waals surface area contributed by atoms with Crippen LogP contribution in [0.25, 0.3) is 121 Å². The summed E-state index contributed by atoms with van der Waals surface area (Å²) < 4.78 is 16.8. The lowest BCUT2D eigenvalue weighted by Crippen LogP contribution is -2.26. The standard InChI is InChI=1S/C63H40N6O/c1-63(2)47-33-31-40(36-53(47)69-57-42(23-15-25-48(57)63)43-24-16-34-64-61(43)69)70-39-30-32-41-46(35-39)62-65-49-26-11-14-29-52(49)68(62)60-54(41)58-55(44-21-9-12-27-50(44)66(58)37-17-5-3-6-18-37)59-56(60)45-22-10-13-28-51(45)67(59)38-19-7-4-8-20-38/h3-36H,1-2H3. The first-order chi connectivity index (χ1) is 34.5. The van der Waals surface area contributed by atoms with Gasteiger partial charge < -0.3 is 13.9 Å². The smallest absolute Gasteiger partial charge is 0.146 e. The Morgan fingerprint density at radius 2 is 0.986 bits per heavy atom. The Morgan fingerprint density at radius 3 is 1.71 bits per heavy atom. The van der Waals surface area contributed by atoms with Gasteiger partial charge in [0.25, 0.3) is 0 Å². The van der Waals surface area contributed by atoms with E-state index >= 15 is 0 Å². The fraction of sp³-hybridized carbons (Fsp3) is 0.0476. The van der Waals surface area contributed by atoms with Gasteiger partial charge in [-0.25, -0.2) is 9.97 Å². The number of imidazole rings is 1. The number of ether oxygens (including phenoxy) is 1. The van der Waals surface area contributed by atoms with E-state index in [1.165, 1.54) is 49.1 Å². The minimum Gasteiger partial charge on any atom is -0.457 e. The molecule has 9 aromatic carbocycles. The molecule has 7 heterocycles. The van der Waals surface area contributed by atoms with Gasteiger partial charge in [-0.2, -0.15) is 0 Å². The molecular formula is C63H40N6O. The summed E-state index contributed by atoms with van der Waals surface area (Å²) in [5.41, 5.74) is 16.3. The van der Waals surface area contributed by atoms with Crippen molar-refractivity contribution in [2.75, 3.05) is 0 Å². The van der Waals surface area contributed by atoms with Crippen molar-refractivity contribution < 1.29 is 4.74 Å². The van der Waals surface area contributed by atoms with Crippen LogP contribution in [0.15, 0.2) is 206 Å². The first-order valence-electron chi connectivity index (χ1n) is 24.0. The third kappa shape index (κ3) is 4.78. The van der Waals surface area contributed by atoms with Crippen LogP contribution in [-0.4, -0.2) is 28.1 Å². The maximum atomic E-state index is 7.06. The summed E-state index contributed by atoms with van der Waals surface area (Å²) in [7, 11) is 0. The first-order valence-corrected chi connectivity index (χ1v) is 24.0. The molecule has 6 aromatic heterocycles. The summed E-state index contributed by atoms with van der Waals surface area (Å²) >= 11 is 0. The highest BCUT2D eigenvalue weighted by molar-refractivity contribution is 6.40. The Morgan fingerprint density at radius 1 is 0.400 bits per heavy atom. The predicted octanol–water partition coefficient (Wildman–Crippen LogP) is 15.9. The Balaban J connectivity index is 1.04. The van der Waals surface area contributed by atoms with Gasteiger partial charge in [0, 0.05) is 72.1 Å². The molecule has 0 saturated carbocycles. The number of rotatable bonds is 4. The van der Waals surface area contributed by atoms with Crippen LogP contribution in [-0.2, 0) is 5.41 Å². The van der Waals surface area contributed by atoms with E-state index in [4.69, 9.17) is 14.7 Å². The van der Waals surface area contributed by atoms with E-state index in [1.54, 1.807) is 0 Å². The van der Waals surface area contributed by atoms with Crippen LogP contribution in [0, 0.1) is 0 Å². The monoisotopic (exact) mass is 896 g/mol. The number of benzene rings is 9. The lowest BCUT2D eigenvalue weighted by molar-refractivity contribution is 0.482. The maximum Gasteiger partial charge on any atom is 0.146 e. The molecule has 0 bridgehead atoms. The molecule has 0 amide bonds. The number of fused-ring (bicyclic) bond motifs is 22. The molecule has 1 aliphatic heterocycles. The molecule has 0 radical (unpaired) electrons. The molecular weight excluding hydrogens is 857 g/mol. The van der Waals surface area contributed by atoms with Crippen LogP contribution in [0.4, 0.5) is 0 Å². The van der Waals surface area contributed by atoms with Gasteiger partial charge in [0.15, 0.2) is 0 Å². The molecule has 328 valence electrons. The van der Waals surface area contributed by atoms with Crippen LogP contribution >= 0.6 is 0 Å². The van der Waals surface area contributed by atoms with Crippen molar-refractivity contribution in [2.45, 2.75) is 19.3 Å². The average molecular weight is 897 g/mol. The maximum absolute atomic E-state index is 7.06. The van der Waals surface area contributed by atoms with E-state index in [9.17, 15) is 0 Å². The molecule has 15 aromatic rings. The van der Waals surface area contributed by atoms with Crippen LogP contribution in [0.3, 0.4) is 0 Å². The number of hydrogen-bond donors (Lipinski definition) is 0. The van der Waals surface area contributed by atoms with Crippen molar-refractivity contribution in [3.05, 3.63) is 218 Å². The average Bonchev–Trinajstić information content (AvgIpc) is 4.16. The van der Waals surface area contributed by atoms with Crippen LogP contribution in [0.2, 0.25) is 0 Å². The fourth-order valence-corrected chi connectivity index (χ4v) is 12.5. The normalized spacial score (nSPS) is 13.4. The van der Waals surface area contributed by atoms with Crippen LogP contribution in [0.1, 0.15) is 25.0 Å². The summed E-state index contributed by atoms with van der Waals surface area (Å²) in [5.74, 6) is 1.49. The SMILES string of the molecule is CC1(C)c2ccc(Oc3ccc4c(c3)c3nc5ccccc5n3c3c4c4c(c5ccccc5n4-c4ccccc4)c4c3c3ccccc3n4-c3ccccc3)cc2-n2c3ncccc3c3cccc1c32. The Labute approximate surface area is 400 Å². The number of hydrogen-bond acceptors (Lipinski definition) is 3. The molecule has 0 atom stereocenters. The van der Waals surface area contributed by atoms with Crippen LogP contribution < -0.4 is 4.74 Å². The highest BCUT2D eigenvalue weighted by Gasteiger charge is 2.36. The van der Waals surface area contributed by atoms with Gasteiger partial charge in [-0.1, -0.05) is 123 Å². The van der Waals surface area contributed by atoms with Gasteiger partial charge >= 0.3 is 0 Å². The van der Waals surface area contributed by atoms with Gasteiger partial charge in [0.05, 0.1) is 49.8 Å². The van der Waals surface area contributed by atoms with E-state index in [-0.39, 0.29) is 5.41 Å². The molecule has 0 N–H and O–H groups in total. The fourth-order valence-electron chi connectivity index (χ4n) is 12.5. The zero-order chi connectivity index (χ0) is 46.0. The van der Waals surface area contributed by atoms with Crippen molar-refractivity contribution in [2.24, 2.45) is 0 Å². The second kappa shape index (κ2) is 13.5. The zero-order valence-corrected chi connectivity index (χ0v) is 38.2. The number of aromatic nitrogens is 6. The summed E-state index contributed by atoms with van der Waals surface area (Å²) in [6.07, 6.45) is 1.89. The van der Waals surface area contributed by atoms with Gasteiger partial charge in [-0.15, -0.1) is 0 Å². The van der Waals surface area contributed by atoms with E-state index in [0.717, 1.165) is 94.5 Å². The highest BCUT2D eigenvalue weighted by atomic mass is 16.5. The van der Waals surface area contributed by atoms with Gasteiger partial charge in [0.2, 0.25) is 0 Å². The summed E-state index contributed by atoms with van der Waals surface area (Å²) in [5, 5.41) is 10.4. The van der Waals surface area contributed by atoms with Gasteiger partial charge in [-0.05, 0) is 101 Å². The summed E-state index contributed by atoms with van der Waals surface area (Å²) in [4.78, 5) is 10.5. The number of para-hydroxylation sites is 7. The van der Waals surface area contributed by atoms with Crippen molar-refractivity contribution in [3.8, 4) is 28.6 Å². The minimum atomic E-state index is -0.234. The molecule has 70 heavy (non-hydrogen) atoms. The van der Waals surface area contributed by atoms with Gasteiger partial charge in [0.1, 0.15) is 22.8 Å². The van der Waals surface area contributed by atoms with E-state index in [2.05, 4.69) is 226 Å². The van der Waals surface area contributed by atoms with Gasteiger partial charge in [-0.3, -0.25) is 8.97 Å². The molecule has 0 fully saturated rings. The second-order valence-electron chi connectivity index (χ2n) is 19.3. The van der Waals surface area contributed by atoms with Crippen molar-refractivity contribution in [1.29, 1.82) is 0 Å². The lowest BCUT2D eigenvalue weighted by atomic mass is 9.74. The molecule has 0 spiro atoms. The molecule has 7 nitrogen and oxygen atoms in total. The summed E-state index contributed by atoms with van der Waals surface area (Å²) in [6.45, 7) is 4.65. The quantitative estimate of drug-likeness (QED) is 0.165. The molecule has 0 saturated heterocycles. The summed E-state index contributed by atoms with van der Waals surface area (Å²) in [6, 6.07) is 72.1. The topological polar surface area (TPSA) is 54.2 Å². The number of pyridine rings is 2. The minimum absolute atomic E-state index is 0.234.